The first kappa shape index (κ1) is 14.9. The van der Waals surface area contributed by atoms with Gasteiger partial charge in [-0.1, -0.05) is 6.92 Å². The molecule has 5 nitrogen and oxygen atoms in total. The minimum absolute atomic E-state index is 0.759. The van der Waals surface area contributed by atoms with E-state index in [4.69, 9.17) is 5.73 Å². The average Bonchev–Trinajstić information content (AvgIpc) is 2.38. The molecule has 1 rings (SSSR count). The van der Waals surface area contributed by atoms with Crippen molar-refractivity contribution in [3.05, 3.63) is 0 Å². The molecule has 1 fully saturated rings. The summed E-state index contributed by atoms with van der Waals surface area (Å²) in [6, 6.07) is 0. The molecular weight excluding hydrogens is 214 g/mol. The van der Waals surface area contributed by atoms with Crippen molar-refractivity contribution in [3.63, 3.8) is 0 Å². The Morgan fingerprint density at radius 2 is 2.00 bits per heavy atom. The largest absolute Gasteiger partial charge is 0.329 e. The molecule has 0 aromatic rings. The first-order chi connectivity index (χ1) is 8.36. The van der Waals surface area contributed by atoms with Crippen molar-refractivity contribution in [3.8, 4) is 0 Å². The number of nitrogens with zero attached hydrogens (tertiary/aromatic N) is 2. The van der Waals surface area contributed by atoms with Crippen molar-refractivity contribution in [1.82, 2.24) is 20.4 Å². The second-order valence-electron chi connectivity index (χ2n) is 4.56. The van der Waals surface area contributed by atoms with Crippen LogP contribution in [0.2, 0.25) is 0 Å². The van der Waals surface area contributed by atoms with E-state index in [9.17, 15) is 0 Å². The zero-order valence-corrected chi connectivity index (χ0v) is 11.2. The SMILES string of the molecule is CCN(CCN)CCNCCN1CCNCC1. The summed E-state index contributed by atoms with van der Waals surface area (Å²) in [7, 11) is 0. The fraction of sp³-hybridized carbons (Fsp3) is 1.00. The van der Waals surface area contributed by atoms with Gasteiger partial charge in [0, 0.05) is 65.4 Å². The van der Waals surface area contributed by atoms with E-state index < -0.39 is 0 Å². The molecule has 17 heavy (non-hydrogen) atoms. The minimum atomic E-state index is 0.759. The fourth-order valence-electron chi connectivity index (χ4n) is 2.14. The summed E-state index contributed by atoms with van der Waals surface area (Å²) in [4.78, 5) is 4.90. The molecule has 102 valence electrons. The van der Waals surface area contributed by atoms with Gasteiger partial charge >= 0.3 is 0 Å². The smallest absolute Gasteiger partial charge is 0.0108 e. The maximum Gasteiger partial charge on any atom is 0.0108 e. The first-order valence-corrected chi connectivity index (χ1v) is 6.93. The standard InChI is InChI=1S/C12H29N5/c1-2-16(8-3-13)9-4-14-5-10-17-11-6-15-7-12-17/h14-15H,2-13H2,1H3. The van der Waals surface area contributed by atoms with E-state index in [1.807, 2.05) is 0 Å². The third-order valence-electron chi connectivity index (χ3n) is 3.31. The number of hydrogen-bond donors (Lipinski definition) is 3. The Morgan fingerprint density at radius 3 is 2.65 bits per heavy atom. The third kappa shape index (κ3) is 6.95. The highest BCUT2D eigenvalue weighted by Gasteiger charge is 2.08. The maximum atomic E-state index is 5.56. The molecule has 1 aliphatic heterocycles. The second-order valence-corrected chi connectivity index (χ2v) is 4.56. The molecule has 0 aromatic carbocycles. The number of nitrogens with two attached hydrogens (primary N) is 1. The summed E-state index contributed by atoms with van der Waals surface area (Å²) in [6.07, 6.45) is 0. The van der Waals surface area contributed by atoms with E-state index in [0.717, 1.165) is 52.4 Å². The van der Waals surface area contributed by atoms with Crippen LogP contribution in [0.5, 0.6) is 0 Å². The Hall–Kier alpha value is -0.200. The van der Waals surface area contributed by atoms with Gasteiger partial charge in [-0.05, 0) is 6.54 Å². The highest BCUT2D eigenvalue weighted by atomic mass is 15.2. The van der Waals surface area contributed by atoms with Gasteiger partial charge in [-0.2, -0.15) is 0 Å². The van der Waals surface area contributed by atoms with E-state index in [1.165, 1.54) is 19.6 Å². The van der Waals surface area contributed by atoms with Crippen LogP contribution in [0.3, 0.4) is 0 Å². The quantitative estimate of drug-likeness (QED) is 0.442. The van der Waals surface area contributed by atoms with Gasteiger partial charge in [-0.25, -0.2) is 0 Å². The van der Waals surface area contributed by atoms with Crippen LogP contribution in [0.25, 0.3) is 0 Å². The van der Waals surface area contributed by atoms with Crippen molar-refractivity contribution >= 4 is 0 Å². The van der Waals surface area contributed by atoms with Crippen molar-refractivity contribution in [1.29, 1.82) is 0 Å². The lowest BCUT2D eigenvalue weighted by Gasteiger charge is -2.27. The van der Waals surface area contributed by atoms with Crippen LogP contribution < -0.4 is 16.4 Å². The lowest BCUT2D eigenvalue weighted by molar-refractivity contribution is 0.237. The average molecular weight is 243 g/mol. The van der Waals surface area contributed by atoms with Crippen LogP contribution in [0.4, 0.5) is 0 Å². The lowest BCUT2D eigenvalue weighted by Crippen LogP contribution is -2.46. The van der Waals surface area contributed by atoms with Crippen molar-refractivity contribution < 1.29 is 0 Å². The van der Waals surface area contributed by atoms with Crippen molar-refractivity contribution in [2.75, 3.05) is 72.0 Å². The Kier molecular flexibility index (Phi) is 8.56. The van der Waals surface area contributed by atoms with Gasteiger partial charge in [0.2, 0.25) is 0 Å². The van der Waals surface area contributed by atoms with Gasteiger partial charge in [0.1, 0.15) is 0 Å². The molecule has 0 saturated carbocycles. The van der Waals surface area contributed by atoms with Gasteiger partial charge < -0.3 is 21.3 Å². The zero-order chi connectivity index (χ0) is 12.3. The molecule has 1 saturated heterocycles. The van der Waals surface area contributed by atoms with Crippen LogP contribution in [-0.2, 0) is 0 Å². The molecule has 0 atom stereocenters. The highest BCUT2D eigenvalue weighted by Crippen LogP contribution is 1.90. The molecule has 4 N–H and O–H groups in total. The summed E-state index contributed by atoms with van der Waals surface area (Å²) in [5.41, 5.74) is 5.56. The number of piperazine rings is 1. The zero-order valence-electron chi connectivity index (χ0n) is 11.2. The molecule has 0 amide bonds. The molecule has 0 radical (unpaired) electrons. The molecule has 0 aliphatic carbocycles. The lowest BCUT2D eigenvalue weighted by atomic mass is 10.3. The van der Waals surface area contributed by atoms with Crippen LogP contribution in [-0.4, -0.2) is 81.8 Å². The number of rotatable bonds is 9. The summed E-state index contributed by atoms with van der Waals surface area (Å²) in [5, 5.41) is 6.88. The molecular formula is C12H29N5. The Morgan fingerprint density at radius 1 is 1.24 bits per heavy atom. The first-order valence-electron chi connectivity index (χ1n) is 6.93. The van der Waals surface area contributed by atoms with E-state index >= 15 is 0 Å². The van der Waals surface area contributed by atoms with E-state index in [2.05, 4.69) is 27.4 Å². The van der Waals surface area contributed by atoms with E-state index in [1.54, 1.807) is 0 Å². The maximum absolute atomic E-state index is 5.56. The molecule has 1 heterocycles. The predicted molar refractivity (Wildman–Crippen MR) is 73.3 cm³/mol. The molecule has 0 spiro atoms. The number of nitrogens with one attached hydrogen (secondary N) is 2. The molecule has 1 aliphatic rings. The summed E-state index contributed by atoms with van der Waals surface area (Å²) in [5.74, 6) is 0. The topological polar surface area (TPSA) is 56.6 Å². The molecule has 5 heteroatoms. The normalized spacial score (nSPS) is 17.8. The van der Waals surface area contributed by atoms with Crippen LogP contribution in [0, 0.1) is 0 Å². The highest BCUT2D eigenvalue weighted by molar-refractivity contribution is 4.68. The minimum Gasteiger partial charge on any atom is -0.329 e. The number of likely N-dealkylation sites (N-methyl/N-ethyl adjacent to an activating group) is 1. The van der Waals surface area contributed by atoms with Crippen LogP contribution in [0.15, 0.2) is 0 Å². The predicted octanol–water partition coefficient (Wildman–Crippen LogP) is -1.24. The monoisotopic (exact) mass is 243 g/mol. The summed E-state index contributed by atoms with van der Waals surface area (Å²) >= 11 is 0. The van der Waals surface area contributed by atoms with E-state index in [-0.39, 0.29) is 0 Å². The van der Waals surface area contributed by atoms with Gasteiger partial charge in [0.25, 0.3) is 0 Å². The molecule has 0 bridgehead atoms. The fourth-order valence-corrected chi connectivity index (χ4v) is 2.14. The Labute approximate surface area is 106 Å². The third-order valence-corrected chi connectivity index (χ3v) is 3.31. The molecule has 0 aromatic heterocycles. The van der Waals surface area contributed by atoms with Crippen molar-refractivity contribution in [2.45, 2.75) is 6.92 Å². The van der Waals surface area contributed by atoms with Gasteiger partial charge in [0.05, 0.1) is 0 Å². The van der Waals surface area contributed by atoms with Gasteiger partial charge in [-0.15, -0.1) is 0 Å². The Bertz CT molecular complexity index is 164. The van der Waals surface area contributed by atoms with Crippen LogP contribution >= 0.6 is 0 Å². The van der Waals surface area contributed by atoms with Gasteiger partial charge in [0.15, 0.2) is 0 Å². The number of hydrogen-bond acceptors (Lipinski definition) is 5. The van der Waals surface area contributed by atoms with Gasteiger partial charge in [-0.3, -0.25) is 4.90 Å². The second kappa shape index (κ2) is 9.79. The molecule has 0 unspecified atom stereocenters. The summed E-state index contributed by atoms with van der Waals surface area (Å²) < 4.78 is 0. The van der Waals surface area contributed by atoms with E-state index in [0.29, 0.717) is 0 Å². The summed E-state index contributed by atoms with van der Waals surface area (Å²) in [6.45, 7) is 14.2. The Balaban J connectivity index is 1.92. The van der Waals surface area contributed by atoms with Crippen LogP contribution in [0.1, 0.15) is 6.92 Å². The van der Waals surface area contributed by atoms with Crippen molar-refractivity contribution in [2.24, 2.45) is 5.73 Å².